The second kappa shape index (κ2) is 9.06. The molecule has 0 spiro atoms. The molecule has 0 aromatic heterocycles. The number of carbonyl (C=O) groups is 2. The lowest BCUT2D eigenvalue weighted by molar-refractivity contribution is 0.0376. The molecule has 2 aromatic rings. The molecule has 0 radical (unpaired) electrons. The summed E-state index contributed by atoms with van der Waals surface area (Å²) in [6, 6.07) is 14.1. The van der Waals surface area contributed by atoms with Gasteiger partial charge in [0.15, 0.2) is 0 Å². The van der Waals surface area contributed by atoms with Crippen molar-refractivity contribution >= 4 is 39.3 Å². The molecule has 0 aliphatic carbocycles. The molecule has 158 valence electrons. The van der Waals surface area contributed by atoms with E-state index in [1.165, 1.54) is 0 Å². The SMILES string of the molecule is O=C(c1ccc(Br)cc1)N1CCN([C@H]2CN(C(=O)c3ccc(Cl)cc3)C[C@@H]2O)CC1. The van der Waals surface area contributed by atoms with Gasteiger partial charge in [0, 0.05) is 59.9 Å². The summed E-state index contributed by atoms with van der Waals surface area (Å²) in [6.07, 6.45) is -0.602. The summed E-state index contributed by atoms with van der Waals surface area (Å²) in [5, 5.41) is 11.2. The van der Waals surface area contributed by atoms with E-state index in [0.717, 1.165) is 4.47 Å². The third-order valence-corrected chi connectivity index (χ3v) is 6.58. The highest BCUT2D eigenvalue weighted by atomic mass is 79.9. The summed E-state index contributed by atoms with van der Waals surface area (Å²) < 4.78 is 0.941. The molecule has 0 bridgehead atoms. The molecular formula is C22H23BrClN3O3. The predicted octanol–water partition coefficient (Wildman–Crippen LogP) is 2.75. The van der Waals surface area contributed by atoms with Crippen LogP contribution in [0.2, 0.25) is 5.02 Å². The van der Waals surface area contributed by atoms with Crippen molar-refractivity contribution in [2.24, 2.45) is 0 Å². The lowest BCUT2D eigenvalue weighted by Crippen LogP contribution is -2.54. The highest BCUT2D eigenvalue weighted by Crippen LogP contribution is 2.22. The monoisotopic (exact) mass is 491 g/mol. The zero-order valence-corrected chi connectivity index (χ0v) is 18.7. The minimum Gasteiger partial charge on any atom is -0.390 e. The maximum atomic E-state index is 12.8. The molecule has 2 atom stereocenters. The van der Waals surface area contributed by atoms with Gasteiger partial charge in [0.05, 0.1) is 12.1 Å². The number of benzene rings is 2. The van der Waals surface area contributed by atoms with E-state index in [1.54, 1.807) is 29.2 Å². The van der Waals surface area contributed by atoms with Crippen LogP contribution in [0.5, 0.6) is 0 Å². The van der Waals surface area contributed by atoms with Crippen LogP contribution in [-0.2, 0) is 0 Å². The van der Waals surface area contributed by atoms with Gasteiger partial charge in [0.2, 0.25) is 0 Å². The Morgan fingerprint density at radius 1 is 0.833 bits per heavy atom. The summed E-state index contributed by atoms with van der Waals surface area (Å²) in [6.45, 7) is 3.33. The second-order valence-corrected chi connectivity index (χ2v) is 9.04. The van der Waals surface area contributed by atoms with Gasteiger partial charge in [-0.1, -0.05) is 27.5 Å². The largest absolute Gasteiger partial charge is 0.390 e. The van der Waals surface area contributed by atoms with Crippen LogP contribution in [0.4, 0.5) is 0 Å². The number of carbonyl (C=O) groups excluding carboxylic acids is 2. The molecule has 6 nitrogen and oxygen atoms in total. The topological polar surface area (TPSA) is 64.1 Å². The van der Waals surface area contributed by atoms with Gasteiger partial charge in [-0.05, 0) is 48.5 Å². The first kappa shape index (κ1) is 21.3. The average molecular weight is 493 g/mol. The van der Waals surface area contributed by atoms with Crippen LogP contribution < -0.4 is 0 Å². The van der Waals surface area contributed by atoms with Gasteiger partial charge in [0.25, 0.3) is 11.8 Å². The van der Waals surface area contributed by atoms with Gasteiger partial charge >= 0.3 is 0 Å². The molecule has 2 saturated heterocycles. The Morgan fingerprint density at radius 3 is 1.97 bits per heavy atom. The summed E-state index contributed by atoms with van der Waals surface area (Å²) in [5.74, 6) is -0.0778. The van der Waals surface area contributed by atoms with Crippen LogP contribution in [0.25, 0.3) is 0 Å². The maximum absolute atomic E-state index is 12.8. The van der Waals surface area contributed by atoms with Crippen molar-refractivity contribution in [3.63, 3.8) is 0 Å². The molecule has 2 heterocycles. The van der Waals surface area contributed by atoms with Crippen LogP contribution >= 0.6 is 27.5 Å². The zero-order chi connectivity index (χ0) is 21.3. The van der Waals surface area contributed by atoms with E-state index >= 15 is 0 Å². The Kier molecular flexibility index (Phi) is 6.43. The Labute approximate surface area is 189 Å². The average Bonchev–Trinajstić information content (AvgIpc) is 3.15. The van der Waals surface area contributed by atoms with Gasteiger partial charge in [-0.2, -0.15) is 0 Å². The van der Waals surface area contributed by atoms with E-state index in [-0.39, 0.29) is 17.9 Å². The third-order valence-electron chi connectivity index (χ3n) is 5.80. The highest BCUT2D eigenvalue weighted by molar-refractivity contribution is 9.10. The van der Waals surface area contributed by atoms with E-state index in [2.05, 4.69) is 20.8 Å². The van der Waals surface area contributed by atoms with E-state index in [9.17, 15) is 14.7 Å². The van der Waals surface area contributed by atoms with Gasteiger partial charge in [-0.25, -0.2) is 0 Å². The minimum atomic E-state index is -0.602. The molecule has 2 aliphatic rings. The van der Waals surface area contributed by atoms with Crippen LogP contribution in [0.1, 0.15) is 20.7 Å². The molecule has 30 heavy (non-hydrogen) atoms. The minimum absolute atomic E-state index is 0.0219. The molecule has 2 aromatic carbocycles. The molecule has 4 rings (SSSR count). The molecule has 1 N–H and O–H groups in total. The molecule has 0 unspecified atom stereocenters. The van der Waals surface area contributed by atoms with Gasteiger partial charge in [-0.3, -0.25) is 14.5 Å². The van der Waals surface area contributed by atoms with Crippen LogP contribution in [0.15, 0.2) is 53.0 Å². The maximum Gasteiger partial charge on any atom is 0.253 e. The Hall–Kier alpha value is -1.93. The number of likely N-dealkylation sites (tertiary alicyclic amines) is 1. The number of aliphatic hydroxyl groups excluding tert-OH is 1. The van der Waals surface area contributed by atoms with Gasteiger partial charge in [0.1, 0.15) is 0 Å². The first-order chi connectivity index (χ1) is 14.4. The smallest absolute Gasteiger partial charge is 0.253 e. The van der Waals surface area contributed by atoms with Crippen LogP contribution in [0, 0.1) is 0 Å². The lowest BCUT2D eigenvalue weighted by atomic mass is 10.1. The van der Waals surface area contributed by atoms with Crippen molar-refractivity contribution < 1.29 is 14.7 Å². The fraction of sp³-hybridized carbons (Fsp3) is 0.364. The number of hydrogen-bond donors (Lipinski definition) is 1. The standard InChI is InChI=1S/C22H23BrClN3O3/c23-17-5-1-15(2-6-17)21(29)26-11-9-25(10-12-26)19-13-27(14-20(19)28)22(30)16-3-7-18(24)8-4-16/h1-8,19-20,28H,9-14H2/t19-,20-/m0/s1. The number of amides is 2. The zero-order valence-electron chi connectivity index (χ0n) is 16.4. The van der Waals surface area contributed by atoms with Crippen molar-refractivity contribution in [1.29, 1.82) is 0 Å². The highest BCUT2D eigenvalue weighted by Gasteiger charge is 2.39. The molecule has 2 aliphatic heterocycles. The third kappa shape index (κ3) is 4.54. The van der Waals surface area contributed by atoms with Crippen molar-refractivity contribution in [2.45, 2.75) is 12.1 Å². The van der Waals surface area contributed by atoms with Crippen LogP contribution in [0.3, 0.4) is 0 Å². The normalized spacial score (nSPS) is 22.4. The Morgan fingerprint density at radius 2 is 1.37 bits per heavy atom. The Bertz CT molecular complexity index is 914. The summed E-state index contributed by atoms with van der Waals surface area (Å²) in [4.78, 5) is 31.2. The number of hydrogen-bond acceptors (Lipinski definition) is 4. The number of halogens is 2. The van der Waals surface area contributed by atoms with E-state index in [1.807, 2.05) is 29.2 Å². The fourth-order valence-electron chi connectivity index (χ4n) is 4.10. The van der Waals surface area contributed by atoms with Crippen molar-refractivity contribution in [3.05, 3.63) is 69.2 Å². The summed E-state index contributed by atoms with van der Waals surface area (Å²) >= 11 is 9.29. The van der Waals surface area contributed by atoms with E-state index in [4.69, 9.17) is 11.6 Å². The number of aliphatic hydroxyl groups is 1. The fourth-order valence-corrected chi connectivity index (χ4v) is 4.49. The second-order valence-electron chi connectivity index (χ2n) is 7.69. The molecular weight excluding hydrogens is 470 g/mol. The summed E-state index contributed by atoms with van der Waals surface area (Å²) in [5.41, 5.74) is 1.24. The van der Waals surface area contributed by atoms with Crippen molar-refractivity contribution in [2.75, 3.05) is 39.3 Å². The van der Waals surface area contributed by atoms with Crippen molar-refractivity contribution in [3.8, 4) is 0 Å². The first-order valence-electron chi connectivity index (χ1n) is 9.94. The van der Waals surface area contributed by atoms with E-state index < -0.39 is 6.10 Å². The quantitative estimate of drug-likeness (QED) is 0.716. The molecule has 2 fully saturated rings. The molecule has 0 saturated carbocycles. The number of β-amino-alcohol motifs (C(OH)–C–C–N with tert-alkyl or cyclic N) is 1. The van der Waals surface area contributed by atoms with Crippen molar-refractivity contribution in [1.82, 2.24) is 14.7 Å². The lowest BCUT2D eigenvalue weighted by Gasteiger charge is -2.38. The number of piperazine rings is 1. The number of nitrogens with zero attached hydrogens (tertiary/aromatic N) is 3. The molecule has 8 heteroatoms. The number of rotatable bonds is 3. The predicted molar refractivity (Wildman–Crippen MR) is 119 cm³/mol. The van der Waals surface area contributed by atoms with Crippen LogP contribution in [-0.4, -0.2) is 83.0 Å². The Balaban J connectivity index is 1.34. The molecule has 2 amide bonds. The summed E-state index contributed by atoms with van der Waals surface area (Å²) in [7, 11) is 0. The van der Waals surface area contributed by atoms with Gasteiger partial charge in [-0.15, -0.1) is 0 Å². The van der Waals surface area contributed by atoms with Gasteiger partial charge < -0.3 is 14.9 Å². The van der Waals surface area contributed by atoms with E-state index in [0.29, 0.717) is 55.4 Å². The first-order valence-corrected chi connectivity index (χ1v) is 11.1.